The van der Waals surface area contributed by atoms with Gasteiger partial charge in [0, 0.05) is 53.3 Å². The van der Waals surface area contributed by atoms with Gasteiger partial charge in [-0.1, -0.05) is 115 Å². The van der Waals surface area contributed by atoms with E-state index in [0.29, 0.717) is 0 Å². The Kier molecular flexibility index (Phi) is 6.42. The Bertz CT molecular complexity index is 3100. The van der Waals surface area contributed by atoms with Gasteiger partial charge in [-0.15, -0.1) is 11.3 Å². The first-order chi connectivity index (χ1) is 25.8. The minimum Gasteiger partial charge on any atom is -0.455 e. The normalized spacial score (nSPS) is 11.8. The molecule has 0 amide bonds. The smallest absolute Gasteiger partial charge is 0.145 e. The van der Waals surface area contributed by atoms with Crippen LogP contribution in [-0.4, -0.2) is 4.57 Å². The second-order valence-electron chi connectivity index (χ2n) is 13.3. The quantitative estimate of drug-likeness (QED) is 0.180. The largest absolute Gasteiger partial charge is 0.455 e. The summed E-state index contributed by atoms with van der Waals surface area (Å²) in [6, 6.07) is 65.4. The van der Waals surface area contributed by atoms with E-state index in [9.17, 15) is 0 Å². The number of hydrogen-bond donors (Lipinski definition) is 0. The Morgan fingerprint density at radius 3 is 1.90 bits per heavy atom. The molecule has 11 rings (SSSR count). The number of furan rings is 1. The summed E-state index contributed by atoms with van der Waals surface area (Å²) in [6.45, 7) is 0. The Morgan fingerprint density at radius 1 is 0.462 bits per heavy atom. The molecular weight excluding hydrogens is 653 g/mol. The molecule has 3 aromatic heterocycles. The summed E-state index contributed by atoms with van der Waals surface area (Å²) in [7, 11) is 0. The minimum atomic E-state index is 0.875. The maximum atomic E-state index is 6.79. The summed E-state index contributed by atoms with van der Waals surface area (Å²) in [4.78, 5) is 2.46. The Hall–Kier alpha value is -6.62. The average molecular weight is 683 g/mol. The van der Waals surface area contributed by atoms with Gasteiger partial charge in [0.2, 0.25) is 0 Å². The minimum absolute atomic E-state index is 0.875. The van der Waals surface area contributed by atoms with Crippen LogP contribution in [0.15, 0.2) is 186 Å². The van der Waals surface area contributed by atoms with Crippen LogP contribution in [0.5, 0.6) is 0 Å². The summed E-state index contributed by atoms with van der Waals surface area (Å²) in [5.41, 5.74) is 10.7. The highest BCUT2D eigenvalue weighted by atomic mass is 32.1. The molecular formula is C48H30N2OS. The van der Waals surface area contributed by atoms with Gasteiger partial charge >= 0.3 is 0 Å². The lowest BCUT2D eigenvalue weighted by atomic mass is 9.99. The average Bonchev–Trinajstić information content (AvgIpc) is 3.89. The van der Waals surface area contributed by atoms with Crippen molar-refractivity contribution in [1.29, 1.82) is 0 Å². The van der Waals surface area contributed by atoms with E-state index < -0.39 is 0 Å². The van der Waals surface area contributed by atoms with E-state index >= 15 is 0 Å². The van der Waals surface area contributed by atoms with Crippen LogP contribution in [0.1, 0.15) is 0 Å². The number of rotatable bonds is 5. The Labute approximate surface area is 303 Å². The van der Waals surface area contributed by atoms with Crippen LogP contribution in [0.4, 0.5) is 17.1 Å². The van der Waals surface area contributed by atoms with Gasteiger partial charge in [0.1, 0.15) is 11.2 Å². The fourth-order valence-electron chi connectivity index (χ4n) is 8.16. The maximum Gasteiger partial charge on any atom is 0.145 e. The summed E-state index contributed by atoms with van der Waals surface area (Å²) < 4.78 is 11.7. The first-order valence-corrected chi connectivity index (χ1v) is 18.4. The lowest BCUT2D eigenvalue weighted by Crippen LogP contribution is -2.11. The predicted octanol–water partition coefficient (Wildman–Crippen LogP) is 14.2. The summed E-state index contributed by atoms with van der Waals surface area (Å²) in [6.07, 6.45) is 0. The Balaban J connectivity index is 1.25. The number of anilines is 3. The van der Waals surface area contributed by atoms with Crippen LogP contribution in [0.2, 0.25) is 0 Å². The van der Waals surface area contributed by atoms with Gasteiger partial charge < -0.3 is 13.9 Å². The van der Waals surface area contributed by atoms with Gasteiger partial charge in [-0.2, -0.15) is 0 Å². The maximum absolute atomic E-state index is 6.79. The first kappa shape index (κ1) is 29.1. The lowest BCUT2D eigenvalue weighted by molar-refractivity contribution is 0.670. The van der Waals surface area contributed by atoms with Crippen molar-refractivity contribution in [1.82, 2.24) is 4.57 Å². The number of benzene rings is 8. The molecule has 52 heavy (non-hydrogen) atoms. The van der Waals surface area contributed by atoms with Crippen molar-refractivity contribution in [3.8, 4) is 16.8 Å². The summed E-state index contributed by atoms with van der Waals surface area (Å²) >= 11 is 1.85. The van der Waals surface area contributed by atoms with Crippen LogP contribution in [0.3, 0.4) is 0 Å². The molecule has 11 aromatic rings. The first-order valence-electron chi connectivity index (χ1n) is 17.6. The molecule has 3 heterocycles. The highest BCUT2D eigenvalue weighted by molar-refractivity contribution is 7.26. The summed E-state index contributed by atoms with van der Waals surface area (Å²) in [5, 5.41) is 7.19. The van der Waals surface area contributed by atoms with Crippen LogP contribution < -0.4 is 4.90 Å². The van der Waals surface area contributed by atoms with Gasteiger partial charge in [-0.3, -0.25) is 0 Å². The number of nitrogens with zero attached hydrogens (tertiary/aromatic N) is 2. The van der Waals surface area contributed by atoms with Crippen LogP contribution in [-0.2, 0) is 0 Å². The molecule has 0 unspecified atom stereocenters. The van der Waals surface area contributed by atoms with Crippen molar-refractivity contribution in [3.63, 3.8) is 0 Å². The second kappa shape index (κ2) is 11.5. The van der Waals surface area contributed by atoms with Crippen molar-refractivity contribution >= 4 is 92.3 Å². The molecule has 3 nitrogen and oxygen atoms in total. The molecule has 0 aliphatic carbocycles. The molecule has 0 aliphatic heterocycles. The van der Waals surface area contributed by atoms with Crippen LogP contribution >= 0.6 is 11.3 Å². The fourth-order valence-corrected chi connectivity index (χ4v) is 9.29. The van der Waals surface area contributed by atoms with Gasteiger partial charge in [0.05, 0.1) is 27.8 Å². The monoisotopic (exact) mass is 682 g/mol. The fraction of sp³-hybridized carbons (Fsp3) is 0. The molecule has 0 radical (unpaired) electrons. The highest BCUT2D eigenvalue weighted by Gasteiger charge is 2.25. The predicted molar refractivity (Wildman–Crippen MR) is 221 cm³/mol. The highest BCUT2D eigenvalue weighted by Crippen LogP contribution is 2.50. The van der Waals surface area contributed by atoms with Crippen molar-refractivity contribution in [2.75, 3.05) is 4.90 Å². The second-order valence-corrected chi connectivity index (χ2v) is 14.4. The van der Waals surface area contributed by atoms with Crippen molar-refractivity contribution in [2.45, 2.75) is 0 Å². The lowest BCUT2D eigenvalue weighted by Gasteiger charge is -2.28. The van der Waals surface area contributed by atoms with E-state index in [1.807, 2.05) is 11.3 Å². The SMILES string of the molecule is c1ccc(-c2ccc(N(c3cccc(-n4c5ccccc5c5ccccc54)c3)c3cccc4sc5ccccc5c34)c3c2oc2ccccc23)cc1. The standard InChI is InChI=1S/C48H30N2OS/c1-2-14-31(15-3-1)34-28-29-42(47-37-20-6-10-25-43(37)51-48(34)47)50(41-24-13-27-45-46(41)38-21-7-11-26-44(38)52-45)33-17-12-16-32(30-33)49-39-22-8-4-18-35(39)36-19-5-9-23-40(36)49/h1-30H. The summed E-state index contributed by atoms with van der Waals surface area (Å²) in [5.74, 6) is 0. The molecule has 0 spiro atoms. The van der Waals surface area contributed by atoms with E-state index in [1.54, 1.807) is 0 Å². The molecule has 4 heteroatoms. The molecule has 8 aromatic carbocycles. The van der Waals surface area contributed by atoms with Gasteiger partial charge in [-0.25, -0.2) is 0 Å². The van der Waals surface area contributed by atoms with E-state index in [4.69, 9.17) is 4.42 Å². The number of hydrogen-bond acceptors (Lipinski definition) is 3. The van der Waals surface area contributed by atoms with Crippen LogP contribution in [0, 0.1) is 0 Å². The number of fused-ring (bicyclic) bond motifs is 9. The van der Waals surface area contributed by atoms with Crippen molar-refractivity contribution in [3.05, 3.63) is 182 Å². The third-order valence-corrected chi connectivity index (χ3v) is 11.5. The molecule has 0 saturated carbocycles. The Morgan fingerprint density at radius 2 is 1.10 bits per heavy atom. The third kappa shape index (κ3) is 4.31. The van der Waals surface area contributed by atoms with E-state index in [1.165, 1.54) is 42.0 Å². The number of thiophene rings is 1. The zero-order valence-corrected chi connectivity index (χ0v) is 28.8. The third-order valence-electron chi connectivity index (χ3n) is 10.4. The van der Waals surface area contributed by atoms with Crippen molar-refractivity contribution < 1.29 is 4.42 Å². The molecule has 0 aliphatic rings. The van der Waals surface area contributed by atoms with Crippen LogP contribution in [0.25, 0.3) is 80.7 Å². The number of aromatic nitrogens is 1. The molecule has 0 N–H and O–H groups in total. The molecule has 0 fully saturated rings. The molecule has 244 valence electrons. The molecule has 0 atom stereocenters. The zero-order chi connectivity index (χ0) is 34.2. The van der Waals surface area contributed by atoms with E-state index in [2.05, 4.69) is 191 Å². The van der Waals surface area contributed by atoms with Crippen molar-refractivity contribution in [2.24, 2.45) is 0 Å². The van der Waals surface area contributed by atoms with E-state index in [0.717, 1.165) is 55.8 Å². The zero-order valence-electron chi connectivity index (χ0n) is 28.0. The molecule has 0 bridgehead atoms. The number of para-hydroxylation sites is 3. The van der Waals surface area contributed by atoms with E-state index in [-0.39, 0.29) is 0 Å². The topological polar surface area (TPSA) is 21.3 Å². The van der Waals surface area contributed by atoms with Gasteiger partial charge in [0.25, 0.3) is 0 Å². The van der Waals surface area contributed by atoms with Gasteiger partial charge in [0.15, 0.2) is 0 Å². The van der Waals surface area contributed by atoms with Gasteiger partial charge in [-0.05, 0) is 72.3 Å². The molecule has 0 saturated heterocycles.